The van der Waals surface area contributed by atoms with E-state index in [9.17, 15) is 4.79 Å². The molecule has 0 saturated carbocycles. The van der Waals surface area contributed by atoms with Crippen molar-refractivity contribution >= 4 is 16.8 Å². The second-order valence-corrected chi connectivity index (χ2v) is 7.32. The average molecular weight is 372 g/mol. The molecule has 3 aromatic rings. The number of amides is 1. The predicted molar refractivity (Wildman–Crippen MR) is 110 cm³/mol. The largest absolute Gasteiger partial charge is 0.338 e. The van der Waals surface area contributed by atoms with Crippen LogP contribution in [0.1, 0.15) is 24.0 Å². The van der Waals surface area contributed by atoms with Crippen molar-refractivity contribution in [1.82, 2.24) is 14.8 Å². The highest BCUT2D eigenvalue weighted by Crippen LogP contribution is 2.20. The summed E-state index contributed by atoms with van der Waals surface area (Å²) in [6.45, 7) is 2.85. The molecule has 28 heavy (non-hydrogen) atoms. The Hall–Kier alpha value is -3.10. The van der Waals surface area contributed by atoms with E-state index in [1.165, 1.54) is 0 Å². The summed E-state index contributed by atoms with van der Waals surface area (Å²) in [7, 11) is 0. The summed E-state index contributed by atoms with van der Waals surface area (Å²) < 4.78 is 1.98. The Morgan fingerprint density at radius 1 is 1.14 bits per heavy atom. The molecular weight excluding hydrogens is 348 g/mol. The zero-order chi connectivity index (χ0) is 19.3. The Morgan fingerprint density at radius 2 is 1.93 bits per heavy atom. The molecule has 4 rings (SSSR count). The first kappa shape index (κ1) is 18.3. The minimum absolute atomic E-state index is 0.137. The SMILES string of the molecule is N#Cc1ccc2c(ccn2CC(=O)N(Cc2ccccc2)C2CCNCC2)c1. The topological polar surface area (TPSA) is 61.1 Å². The number of piperidine rings is 1. The Kier molecular flexibility index (Phi) is 5.41. The van der Waals surface area contributed by atoms with E-state index in [1.54, 1.807) is 6.07 Å². The van der Waals surface area contributed by atoms with Gasteiger partial charge in [0, 0.05) is 29.7 Å². The molecule has 1 aromatic heterocycles. The number of fused-ring (bicyclic) bond motifs is 1. The van der Waals surface area contributed by atoms with Crippen molar-refractivity contribution in [3.05, 3.63) is 71.9 Å². The second-order valence-electron chi connectivity index (χ2n) is 7.32. The van der Waals surface area contributed by atoms with Crippen molar-refractivity contribution in [3.8, 4) is 6.07 Å². The molecule has 0 aliphatic carbocycles. The van der Waals surface area contributed by atoms with E-state index in [1.807, 2.05) is 52.1 Å². The van der Waals surface area contributed by atoms with E-state index in [0.717, 1.165) is 42.4 Å². The van der Waals surface area contributed by atoms with Crippen molar-refractivity contribution < 1.29 is 4.79 Å². The van der Waals surface area contributed by atoms with Crippen molar-refractivity contribution in [3.63, 3.8) is 0 Å². The molecule has 142 valence electrons. The van der Waals surface area contributed by atoms with Crippen LogP contribution in [0.3, 0.4) is 0 Å². The number of carbonyl (C=O) groups is 1. The summed E-state index contributed by atoms with van der Waals surface area (Å²) in [5.74, 6) is 0.137. The zero-order valence-electron chi connectivity index (χ0n) is 15.8. The van der Waals surface area contributed by atoms with Crippen LogP contribution in [0.15, 0.2) is 60.8 Å². The van der Waals surface area contributed by atoms with E-state index in [0.29, 0.717) is 18.7 Å². The van der Waals surface area contributed by atoms with Gasteiger partial charge in [0.1, 0.15) is 6.54 Å². The number of nitriles is 1. The number of carbonyl (C=O) groups excluding carboxylic acids is 1. The summed E-state index contributed by atoms with van der Waals surface area (Å²) in [6.07, 6.45) is 3.90. The highest BCUT2D eigenvalue weighted by atomic mass is 16.2. The monoisotopic (exact) mass is 372 g/mol. The van der Waals surface area contributed by atoms with Crippen molar-refractivity contribution in [2.45, 2.75) is 32.0 Å². The molecule has 1 aliphatic heterocycles. The molecule has 0 spiro atoms. The molecule has 2 heterocycles. The average Bonchev–Trinajstić information content (AvgIpc) is 3.15. The van der Waals surface area contributed by atoms with Crippen molar-refractivity contribution in [2.24, 2.45) is 0 Å². The number of nitrogens with one attached hydrogen (secondary N) is 1. The Morgan fingerprint density at radius 3 is 2.68 bits per heavy atom. The zero-order valence-corrected chi connectivity index (χ0v) is 15.8. The molecular formula is C23H24N4O. The number of hydrogen-bond acceptors (Lipinski definition) is 3. The van der Waals surface area contributed by atoms with E-state index < -0.39 is 0 Å². The van der Waals surface area contributed by atoms with Crippen LogP contribution in [0.25, 0.3) is 10.9 Å². The lowest BCUT2D eigenvalue weighted by atomic mass is 10.0. The summed E-state index contributed by atoms with van der Waals surface area (Å²) in [4.78, 5) is 15.4. The van der Waals surface area contributed by atoms with Crippen LogP contribution in [0, 0.1) is 11.3 Å². The van der Waals surface area contributed by atoms with Crippen molar-refractivity contribution in [1.29, 1.82) is 5.26 Å². The lowest BCUT2D eigenvalue weighted by molar-refractivity contribution is -0.135. The Bertz CT molecular complexity index is 996. The fourth-order valence-electron chi connectivity index (χ4n) is 3.96. The molecule has 1 aliphatic rings. The lowest BCUT2D eigenvalue weighted by Crippen LogP contribution is -2.46. The van der Waals surface area contributed by atoms with Gasteiger partial charge in [-0.15, -0.1) is 0 Å². The number of hydrogen-bond donors (Lipinski definition) is 1. The summed E-state index contributed by atoms with van der Waals surface area (Å²) >= 11 is 0. The molecule has 5 heteroatoms. The molecule has 1 fully saturated rings. The van der Waals surface area contributed by atoms with E-state index >= 15 is 0 Å². The van der Waals surface area contributed by atoms with Crippen LogP contribution >= 0.6 is 0 Å². The maximum absolute atomic E-state index is 13.3. The minimum Gasteiger partial charge on any atom is -0.338 e. The van der Waals surface area contributed by atoms with Crippen molar-refractivity contribution in [2.75, 3.05) is 13.1 Å². The lowest BCUT2D eigenvalue weighted by Gasteiger charge is -2.35. The molecule has 5 nitrogen and oxygen atoms in total. The quantitative estimate of drug-likeness (QED) is 0.748. The van der Waals surface area contributed by atoms with Crippen LogP contribution in [0.5, 0.6) is 0 Å². The third kappa shape index (κ3) is 3.92. The normalized spacial score (nSPS) is 14.7. The van der Waals surface area contributed by atoms with Gasteiger partial charge in [-0.2, -0.15) is 5.26 Å². The molecule has 1 N–H and O–H groups in total. The van der Waals surface area contributed by atoms with Crippen LogP contribution in [0.4, 0.5) is 0 Å². The third-order valence-corrected chi connectivity index (χ3v) is 5.47. The Balaban J connectivity index is 1.57. The fraction of sp³-hybridized carbons (Fsp3) is 0.304. The van der Waals surface area contributed by atoms with Gasteiger partial charge >= 0.3 is 0 Å². The number of nitrogens with zero attached hydrogens (tertiary/aromatic N) is 3. The molecule has 2 aromatic carbocycles. The summed E-state index contributed by atoms with van der Waals surface area (Å²) in [5, 5.41) is 13.5. The van der Waals surface area contributed by atoms with Gasteiger partial charge < -0.3 is 14.8 Å². The first-order valence-corrected chi connectivity index (χ1v) is 9.78. The van der Waals surface area contributed by atoms with Crippen LogP contribution < -0.4 is 5.32 Å². The maximum atomic E-state index is 13.3. The molecule has 0 bridgehead atoms. The van der Waals surface area contributed by atoms with Gasteiger partial charge in [0.05, 0.1) is 11.6 Å². The van der Waals surface area contributed by atoms with E-state index in [4.69, 9.17) is 5.26 Å². The first-order valence-electron chi connectivity index (χ1n) is 9.78. The standard InChI is InChI=1S/C23H24N4O/c24-15-19-6-7-22-20(14-19)10-13-26(22)17-23(28)27(21-8-11-25-12-9-21)16-18-4-2-1-3-5-18/h1-7,10,13-14,21,25H,8-9,11-12,16-17H2. The fourth-order valence-corrected chi connectivity index (χ4v) is 3.96. The highest BCUT2D eigenvalue weighted by Gasteiger charge is 2.25. The van der Waals surface area contributed by atoms with E-state index in [2.05, 4.69) is 23.5 Å². The number of rotatable bonds is 5. The molecule has 0 radical (unpaired) electrons. The third-order valence-electron chi connectivity index (χ3n) is 5.47. The molecule has 1 saturated heterocycles. The number of aromatic nitrogens is 1. The van der Waals surface area contributed by atoms with Crippen LogP contribution in [-0.4, -0.2) is 34.5 Å². The van der Waals surface area contributed by atoms with Gasteiger partial charge in [-0.1, -0.05) is 30.3 Å². The van der Waals surface area contributed by atoms with Gasteiger partial charge in [-0.25, -0.2) is 0 Å². The van der Waals surface area contributed by atoms with Gasteiger partial charge in [-0.3, -0.25) is 4.79 Å². The Labute approximate surface area is 165 Å². The molecule has 0 unspecified atom stereocenters. The smallest absolute Gasteiger partial charge is 0.243 e. The van der Waals surface area contributed by atoms with Crippen LogP contribution in [0.2, 0.25) is 0 Å². The predicted octanol–water partition coefficient (Wildman–Crippen LogP) is 3.29. The van der Waals surface area contributed by atoms with E-state index in [-0.39, 0.29) is 11.9 Å². The summed E-state index contributed by atoms with van der Waals surface area (Å²) in [5.41, 5.74) is 2.78. The summed E-state index contributed by atoms with van der Waals surface area (Å²) in [6, 6.07) is 20.2. The number of benzene rings is 2. The van der Waals surface area contributed by atoms with Gasteiger partial charge in [-0.05, 0) is 55.8 Å². The van der Waals surface area contributed by atoms with Gasteiger partial charge in [0.15, 0.2) is 0 Å². The second kappa shape index (κ2) is 8.28. The highest BCUT2D eigenvalue weighted by molar-refractivity contribution is 5.84. The van der Waals surface area contributed by atoms with Gasteiger partial charge in [0.25, 0.3) is 0 Å². The first-order chi connectivity index (χ1) is 13.7. The van der Waals surface area contributed by atoms with Gasteiger partial charge in [0.2, 0.25) is 5.91 Å². The van der Waals surface area contributed by atoms with Crippen LogP contribution in [-0.2, 0) is 17.9 Å². The minimum atomic E-state index is 0.137. The molecule has 0 atom stereocenters. The maximum Gasteiger partial charge on any atom is 0.243 e. The molecule has 1 amide bonds.